The first-order valence-electron chi connectivity index (χ1n) is 11.8. The van der Waals surface area contributed by atoms with Crippen LogP contribution < -0.4 is 23.7 Å². The van der Waals surface area contributed by atoms with Crippen LogP contribution in [-0.2, 0) is 9.53 Å². The van der Waals surface area contributed by atoms with Gasteiger partial charge in [-0.05, 0) is 61.9 Å². The highest BCUT2D eigenvalue weighted by molar-refractivity contribution is 6.12. The Bertz CT molecular complexity index is 1420. The Morgan fingerprint density at radius 2 is 1.66 bits per heavy atom. The Balaban J connectivity index is 1.61. The molecule has 3 aromatic carbocycles. The van der Waals surface area contributed by atoms with Crippen molar-refractivity contribution >= 4 is 23.9 Å². The lowest BCUT2D eigenvalue weighted by atomic mass is 10.1. The van der Waals surface area contributed by atoms with Gasteiger partial charge in [-0.1, -0.05) is 23.8 Å². The molecule has 9 heteroatoms. The summed E-state index contributed by atoms with van der Waals surface area (Å²) in [5, 5.41) is 0. The molecule has 0 spiro atoms. The van der Waals surface area contributed by atoms with E-state index in [2.05, 4.69) is 4.99 Å². The number of carbonyl (C=O) groups is 2. The summed E-state index contributed by atoms with van der Waals surface area (Å²) in [5.41, 5.74) is 2.69. The maximum absolute atomic E-state index is 13.0. The molecule has 0 N–H and O–H groups in total. The number of ether oxygens (including phenoxy) is 6. The van der Waals surface area contributed by atoms with Gasteiger partial charge in [-0.2, -0.15) is 0 Å². The molecular weight excluding hydrogens is 490 g/mol. The molecule has 0 aromatic heterocycles. The number of benzene rings is 3. The van der Waals surface area contributed by atoms with E-state index >= 15 is 0 Å². The van der Waals surface area contributed by atoms with Gasteiger partial charge in [-0.15, -0.1) is 0 Å². The summed E-state index contributed by atoms with van der Waals surface area (Å²) in [6, 6.07) is 15.4. The van der Waals surface area contributed by atoms with Crippen molar-refractivity contribution in [1.82, 2.24) is 0 Å². The Hall–Kier alpha value is -4.79. The molecule has 0 unspecified atom stereocenters. The monoisotopic (exact) mass is 517 g/mol. The lowest BCUT2D eigenvalue weighted by molar-refractivity contribution is -0.129. The fourth-order valence-corrected chi connectivity index (χ4v) is 3.79. The van der Waals surface area contributed by atoms with Gasteiger partial charge in [0, 0.05) is 5.56 Å². The predicted molar refractivity (Wildman–Crippen MR) is 140 cm³/mol. The number of carbonyl (C=O) groups excluding carboxylic acids is 2. The molecule has 0 amide bonds. The largest absolute Gasteiger partial charge is 0.493 e. The molecule has 0 bridgehead atoms. The van der Waals surface area contributed by atoms with Crippen LogP contribution >= 0.6 is 0 Å². The van der Waals surface area contributed by atoms with Gasteiger partial charge in [-0.3, -0.25) is 0 Å². The summed E-state index contributed by atoms with van der Waals surface area (Å²) in [4.78, 5) is 29.8. The molecule has 1 heterocycles. The number of aliphatic imine (C=N–C) groups is 1. The molecule has 0 fully saturated rings. The molecule has 0 saturated carbocycles. The number of nitrogens with zero attached hydrogens (tertiary/aromatic N) is 1. The normalized spacial score (nSPS) is 13.6. The Morgan fingerprint density at radius 1 is 0.921 bits per heavy atom. The van der Waals surface area contributed by atoms with Crippen molar-refractivity contribution in [2.24, 2.45) is 4.99 Å². The van der Waals surface area contributed by atoms with Crippen molar-refractivity contribution in [3.63, 3.8) is 0 Å². The number of aryl methyl sites for hydroxylation is 1. The first-order chi connectivity index (χ1) is 18.4. The van der Waals surface area contributed by atoms with Crippen LogP contribution in [-0.4, -0.2) is 45.8 Å². The predicted octanol–water partition coefficient (Wildman–Crippen LogP) is 4.98. The van der Waals surface area contributed by atoms with Crippen molar-refractivity contribution in [3.05, 3.63) is 82.5 Å². The smallest absolute Gasteiger partial charge is 0.363 e. The van der Waals surface area contributed by atoms with Crippen LogP contribution in [0.2, 0.25) is 0 Å². The van der Waals surface area contributed by atoms with E-state index in [4.69, 9.17) is 28.4 Å². The first-order valence-corrected chi connectivity index (χ1v) is 11.8. The minimum absolute atomic E-state index is 0.145. The number of rotatable bonds is 9. The molecule has 0 saturated heterocycles. The van der Waals surface area contributed by atoms with E-state index in [1.807, 2.05) is 38.1 Å². The summed E-state index contributed by atoms with van der Waals surface area (Å²) in [7, 11) is 4.39. The van der Waals surface area contributed by atoms with E-state index in [0.29, 0.717) is 40.7 Å². The van der Waals surface area contributed by atoms with Gasteiger partial charge in [0.15, 0.2) is 28.7 Å². The minimum atomic E-state index is -0.650. The quantitative estimate of drug-likeness (QED) is 0.222. The highest BCUT2D eigenvalue weighted by atomic mass is 16.6. The molecule has 3 aromatic rings. The average Bonchev–Trinajstić information content (AvgIpc) is 3.29. The third-order valence-corrected chi connectivity index (χ3v) is 5.56. The Morgan fingerprint density at radius 3 is 2.29 bits per heavy atom. The van der Waals surface area contributed by atoms with Gasteiger partial charge >= 0.3 is 11.9 Å². The molecular formula is C29H27NO8. The van der Waals surface area contributed by atoms with Crippen LogP contribution in [0.15, 0.2) is 65.3 Å². The Kier molecular flexibility index (Phi) is 7.96. The van der Waals surface area contributed by atoms with Crippen LogP contribution in [0.3, 0.4) is 0 Å². The third-order valence-electron chi connectivity index (χ3n) is 5.56. The number of hydrogen-bond donors (Lipinski definition) is 0. The average molecular weight is 518 g/mol. The topological polar surface area (TPSA) is 102 Å². The van der Waals surface area contributed by atoms with Crippen LogP contribution in [0, 0.1) is 6.92 Å². The second kappa shape index (κ2) is 11.5. The van der Waals surface area contributed by atoms with Gasteiger partial charge in [-0.25, -0.2) is 14.6 Å². The fraction of sp³-hybridized carbons (Fsp3) is 0.207. The molecule has 0 radical (unpaired) electrons. The van der Waals surface area contributed by atoms with Gasteiger partial charge in [0.05, 0.1) is 33.5 Å². The van der Waals surface area contributed by atoms with Crippen molar-refractivity contribution < 1.29 is 38.0 Å². The molecule has 0 atom stereocenters. The Labute approximate surface area is 220 Å². The molecule has 1 aliphatic rings. The van der Waals surface area contributed by atoms with Crippen LogP contribution in [0.4, 0.5) is 0 Å². The highest BCUT2D eigenvalue weighted by Crippen LogP contribution is 2.39. The lowest BCUT2D eigenvalue weighted by Crippen LogP contribution is -2.11. The molecule has 1 aliphatic heterocycles. The van der Waals surface area contributed by atoms with Gasteiger partial charge in [0.25, 0.3) is 0 Å². The van der Waals surface area contributed by atoms with Crippen LogP contribution in [0.1, 0.15) is 34.0 Å². The molecule has 38 heavy (non-hydrogen) atoms. The standard InChI is InChI=1S/C29H27NO8/c1-6-36-23-14-18(13-21-29(32)38-27(30-21)19-9-7-8-17(2)12-19)10-11-22(23)37-28(31)20-15-24(33-3)26(35-5)25(16-20)34-4/h7-16H,6H2,1-5H3/b21-13+. The van der Waals surface area contributed by atoms with E-state index in [-0.39, 0.29) is 22.9 Å². The summed E-state index contributed by atoms with van der Waals surface area (Å²) >= 11 is 0. The van der Waals surface area contributed by atoms with E-state index in [0.717, 1.165) is 5.56 Å². The van der Waals surface area contributed by atoms with Crippen LogP contribution in [0.5, 0.6) is 28.7 Å². The second-order valence-corrected chi connectivity index (χ2v) is 8.15. The summed E-state index contributed by atoms with van der Waals surface area (Å²) in [5.74, 6) is 0.547. The molecule has 0 aliphatic carbocycles. The zero-order chi connectivity index (χ0) is 27.2. The summed E-state index contributed by atoms with van der Waals surface area (Å²) in [6.45, 7) is 4.08. The van der Waals surface area contributed by atoms with Crippen molar-refractivity contribution in [2.75, 3.05) is 27.9 Å². The van der Waals surface area contributed by atoms with Gasteiger partial charge < -0.3 is 28.4 Å². The maximum atomic E-state index is 13.0. The molecule has 9 nitrogen and oxygen atoms in total. The van der Waals surface area contributed by atoms with E-state index in [9.17, 15) is 9.59 Å². The SMILES string of the molecule is CCOc1cc(/C=C2/N=C(c3cccc(C)c3)OC2=O)ccc1OC(=O)c1cc(OC)c(OC)c(OC)c1. The lowest BCUT2D eigenvalue weighted by Gasteiger charge is -2.15. The summed E-state index contributed by atoms with van der Waals surface area (Å²) < 4.78 is 32.6. The maximum Gasteiger partial charge on any atom is 0.363 e. The number of methoxy groups -OCH3 is 3. The van der Waals surface area contributed by atoms with Crippen molar-refractivity contribution in [2.45, 2.75) is 13.8 Å². The molecule has 4 rings (SSSR count). The van der Waals surface area contributed by atoms with E-state index < -0.39 is 11.9 Å². The second-order valence-electron chi connectivity index (χ2n) is 8.15. The zero-order valence-corrected chi connectivity index (χ0v) is 21.7. The highest BCUT2D eigenvalue weighted by Gasteiger charge is 2.25. The number of hydrogen-bond acceptors (Lipinski definition) is 9. The van der Waals surface area contributed by atoms with Crippen molar-refractivity contribution in [1.29, 1.82) is 0 Å². The first kappa shape index (κ1) is 26.3. The van der Waals surface area contributed by atoms with Crippen molar-refractivity contribution in [3.8, 4) is 28.7 Å². The number of cyclic esters (lactones) is 1. The fourth-order valence-electron chi connectivity index (χ4n) is 3.79. The third kappa shape index (κ3) is 5.62. The number of esters is 2. The van der Waals surface area contributed by atoms with E-state index in [1.165, 1.54) is 33.5 Å². The molecule has 196 valence electrons. The minimum Gasteiger partial charge on any atom is -0.493 e. The van der Waals surface area contributed by atoms with Crippen LogP contribution in [0.25, 0.3) is 6.08 Å². The zero-order valence-electron chi connectivity index (χ0n) is 21.7. The van der Waals surface area contributed by atoms with Gasteiger partial charge in [0.2, 0.25) is 11.6 Å². The van der Waals surface area contributed by atoms with E-state index in [1.54, 1.807) is 24.3 Å². The summed E-state index contributed by atoms with van der Waals surface area (Å²) in [6.07, 6.45) is 1.58. The van der Waals surface area contributed by atoms with Gasteiger partial charge in [0.1, 0.15) is 0 Å².